The third-order valence-electron chi connectivity index (χ3n) is 12.1. The zero-order valence-electron chi connectivity index (χ0n) is 41.1. The Morgan fingerprint density at radius 2 is 0.823 bits per heavy atom. The third-order valence-corrected chi connectivity index (χ3v) is 12.1. The van der Waals surface area contributed by atoms with Crippen LogP contribution in [0.25, 0.3) is 0 Å². The van der Waals surface area contributed by atoms with Gasteiger partial charge < -0.3 is 20.3 Å². The first kappa shape index (κ1) is 59.8. The molecule has 0 radical (unpaired) electrons. The molecule has 6 heteroatoms. The van der Waals surface area contributed by atoms with Gasteiger partial charge in [-0.15, -0.1) is 0 Å². The van der Waals surface area contributed by atoms with E-state index < -0.39 is 12.1 Å². The van der Waals surface area contributed by atoms with Crippen molar-refractivity contribution in [3.63, 3.8) is 0 Å². The molecule has 0 aromatic heterocycles. The highest BCUT2D eigenvalue weighted by Gasteiger charge is 2.18. The quantitative estimate of drug-likeness (QED) is 0.0322. The molecule has 0 fully saturated rings. The van der Waals surface area contributed by atoms with E-state index >= 15 is 0 Å². The molecule has 0 aromatic rings. The van der Waals surface area contributed by atoms with Crippen molar-refractivity contribution >= 4 is 11.9 Å². The predicted molar refractivity (Wildman–Crippen MR) is 269 cm³/mol. The highest BCUT2D eigenvalue weighted by Crippen LogP contribution is 2.16. The Morgan fingerprint density at radius 1 is 0.452 bits per heavy atom. The van der Waals surface area contributed by atoms with Gasteiger partial charge in [-0.3, -0.25) is 9.59 Å². The van der Waals surface area contributed by atoms with Crippen molar-refractivity contribution in [3.8, 4) is 0 Å². The summed E-state index contributed by atoms with van der Waals surface area (Å²) < 4.78 is 5.42. The van der Waals surface area contributed by atoms with Crippen molar-refractivity contribution in [2.45, 2.75) is 283 Å². The van der Waals surface area contributed by atoms with Crippen LogP contribution in [-0.2, 0) is 14.3 Å². The van der Waals surface area contributed by atoms with E-state index in [1.807, 2.05) is 6.08 Å². The summed E-state index contributed by atoms with van der Waals surface area (Å²) >= 11 is 0. The van der Waals surface area contributed by atoms with Gasteiger partial charge in [0, 0.05) is 12.8 Å². The van der Waals surface area contributed by atoms with E-state index in [2.05, 4.69) is 55.6 Å². The SMILES string of the molecule is CCCC/C=C\C/C=C\CCCCCCCC(=O)OCCCC/C=C\CCCCCCCC(=O)NC(CO)C(O)/C=C/CCCCCCCCCCCCCCCCCCCC. The molecule has 0 aromatic carbocycles. The molecular weight excluding hydrogens is 767 g/mol. The van der Waals surface area contributed by atoms with Gasteiger partial charge in [0.15, 0.2) is 0 Å². The number of aliphatic hydroxyl groups is 2. The standard InChI is InChI=1S/C56H103NO5/c1-3-5-7-9-11-13-15-17-19-20-21-22-23-24-25-28-32-36-40-44-48-54(59)53(52-58)57-55(60)49-45-41-37-33-29-27-31-35-39-43-47-51-62-56(61)50-46-42-38-34-30-26-18-16-14-12-10-8-6-4-2/h10,12,16,18,31,35,44,48,53-54,58-59H,3-9,11,13-15,17,19-30,32-34,36-43,45-47,49-52H2,1-2H3,(H,57,60)/b12-10-,18-16-,35-31-,48-44+. The molecule has 2 atom stereocenters. The fourth-order valence-electron chi connectivity index (χ4n) is 7.88. The van der Waals surface area contributed by atoms with Gasteiger partial charge >= 0.3 is 5.97 Å². The molecule has 0 aliphatic heterocycles. The van der Waals surface area contributed by atoms with Crippen LogP contribution in [0.1, 0.15) is 271 Å². The smallest absolute Gasteiger partial charge is 0.305 e. The lowest BCUT2D eigenvalue weighted by atomic mass is 10.0. The molecule has 2 unspecified atom stereocenters. The Balaban J connectivity index is 3.57. The first-order valence-corrected chi connectivity index (χ1v) is 26.9. The minimum atomic E-state index is -0.865. The maximum atomic E-state index is 12.4. The van der Waals surface area contributed by atoms with Gasteiger partial charge in [0.25, 0.3) is 0 Å². The second-order valence-corrected chi connectivity index (χ2v) is 18.2. The Kier molecular flexibility index (Phi) is 49.6. The summed E-state index contributed by atoms with van der Waals surface area (Å²) in [5.41, 5.74) is 0. The molecule has 0 aliphatic carbocycles. The summed E-state index contributed by atoms with van der Waals surface area (Å²) in [6.07, 6.45) is 64.0. The Hall–Kier alpha value is -2.18. The summed E-state index contributed by atoms with van der Waals surface area (Å²) in [4.78, 5) is 24.5. The van der Waals surface area contributed by atoms with Gasteiger partial charge in [-0.25, -0.2) is 0 Å². The Morgan fingerprint density at radius 3 is 1.29 bits per heavy atom. The number of amides is 1. The van der Waals surface area contributed by atoms with Gasteiger partial charge in [0.2, 0.25) is 5.91 Å². The fourth-order valence-corrected chi connectivity index (χ4v) is 7.88. The van der Waals surface area contributed by atoms with Crippen LogP contribution < -0.4 is 5.32 Å². The summed E-state index contributed by atoms with van der Waals surface area (Å²) in [6, 6.07) is -0.651. The average Bonchev–Trinajstić information content (AvgIpc) is 3.27. The molecule has 62 heavy (non-hydrogen) atoms. The van der Waals surface area contributed by atoms with Crippen molar-refractivity contribution in [1.82, 2.24) is 5.32 Å². The van der Waals surface area contributed by atoms with E-state index in [4.69, 9.17) is 4.74 Å². The Labute approximate surface area is 385 Å². The van der Waals surface area contributed by atoms with Crippen molar-refractivity contribution < 1.29 is 24.5 Å². The predicted octanol–water partition coefficient (Wildman–Crippen LogP) is 16.2. The lowest BCUT2D eigenvalue weighted by Crippen LogP contribution is -2.45. The van der Waals surface area contributed by atoms with Crippen LogP contribution in [-0.4, -0.2) is 47.4 Å². The summed E-state index contributed by atoms with van der Waals surface area (Å²) in [6.45, 7) is 4.78. The molecular formula is C56H103NO5. The molecule has 362 valence electrons. The van der Waals surface area contributed by atoms with Crippen LogP contribution in [0.15, 0.2) is 48.6 Å². The topological polar surface area (TPSA) is 95.9 Å². The molecule has 6 nitrogen and oxygen atoms in total. The van der Waals surface area contributed by atoms with Crippen LogP contribution in [0.4, 0.5) is 0 Å². The number of allylic oxidation sites excluding steroid dienone is 7. The Bertz CT molecular complexity index is 1050. The molecule has 1 amide bonds. The van der Waals surface area contributed by atoms with E-state index in [1.165, 1.54) is 148 Å². The number of carbonyl (C=O) groups excluding carboxylic acids is 2. The van der Waals surface area contributed by atoms with Crippen LogP contribution in [0.5, 0.6) is 0 Å². The number of ether oxygens (including phenoxy) is 1. The van der Waals surface area contributed by atoms with Crippen molar-refractivity contribution in [2.75, 3.05) is 13.2 Å². The lowest BCUT2D eigenvalue weighted by molar-refractivity contribution is -0.143. The highest BCUT2D eigenvalue weighted by molar-refractivity contribution is 5.76. The van der Waals surface area contributed by atoms with E-state index in [1.54, 1.807) is 6.08 Å². The van der Waals surface area contributed by atoms with Gasteiger partial charge in [-0.1, -0.05) is 223 Å². The van der Waals surface area contributed by atoms with Gasteiger partial charge in [0.1, 0.15) is 0 Å². The number of hydrogen-bond acceptors (Lipinski definition) is 5. The number of carbonyl (C=O) groups is 2. The monoisotopic (exact) mass is 870 g/mol. The van der Waals surface area contributed by atoms with Crippen molar-refractivity contribution in [2.24, 2.45) is 0 Å². The van der Waals surface area contributed by atoms with Crippen LogP contribution in [0.3, 0.4) is 0 Å². The minimum absolute atomic E-state index is 0.0481. The zero-order chi connectivity index (χ0) is 45.1. The van der Waals surface area contributed by atoms with E-state index in [0.717, 1.165) is 96.3 Å². The molecule has 0 heterocycles. The normalized spacial score (nSPS) is 13.0. The first-order valence-electron chi connectivity index (χ1n) is 26.9. The summed E-state index contributed by atoms with van der Waals surface area (Å²) in [5.74, 6) is -0.146. The van der Waals surface area contributed by atoms with Crippen molar-refractivity contribution in [1.29, 1.82) is 0 Å². The number of hydrogen-bond donors (Lipinski definition) is 3. The lowest BCUT2D eigenvalue weighted by Gasteiger charge is -2.20. The number of rotatable bonds is 49. The van der Waals surface area contributed by atoms with Gasteiger partial charge in [-0.2, -0.15) is 0 Å². The number of nitrogens with one attached hydrogen (secondary N) is 1. The third kappa shape index (κ3) is 47.3. The van der Waals surface area contributed by atoms with E-state index in [9.17, 15) is 19.8 Å². The number of aliphatic hydroxyl groups excluding tert-OH is 2. The van der Waals surface area contributed by atoms with Crippen molar-refractivity contribution in [3.05, 3.63) is 48.6 Å². The van der Waals surface area contributed by atoms with Crippen LogP contribution in [0, 0.1) is 0 Å². The van der Waals surface area contributed by atoms with Gasteiger partial charge in [0.05, 0.1) is 25.4 Å². The maximum Gasteiger partial charge on any atom is 0.305 e. The second-order valence-electron chi connectivity index (χ2n) is 18.2. The number of esters is 1. The molecule has 0 saturated carbocycles. The maximum absolute atomic E-state index is 12.4. The average molecular weight is 870 g/mol. The molecule has 0 rings (SSSR count). The highest BCUT2D eigenvalue weighted by atomic mass is 16.5. The minimum Gasteiger partial charge on any atom is -0.466 e. The largest absolute Gasteiger partial charge is 0.466 e. The number of unbranched alkanes of at least 4 members (excludes halogenated alkanes) is 32. The summed E-state index contributed by atoms with van der Waals surface area (Å²) in [7, 11) is 0. The first-order chi connectivity index (χ1) is 30.5. The van der Waals surface area contributed by atoms with Crippen LogP contribution in [0.2, 0.25) is 0 Å². The molecule has 0 saturated heterocycles. The molecule has 0 bridgehead atoms. The molecule has 3 N–H and O–H groups in total. The summed E-state index contributed by atoms with van der Waals surface area (Å²) in [5, 5.41) is 23.1. The fraction of sp³-hybridized carbons (Fsp3) is 0.821. The molecule has 0 aliphatic rings. The zero-order valence-corrected chi connectivity index (χ0v) is 41.1. The molecule has 0 spiro atoms. The second kappa shape index (κ2) is 51.5. The van der Waals surface area contributed by atoms with E-state index in [0.29, 0.717) is 19.4 Å². The van der Waals surface area contributed by atoms with Crippen LogP contribution >= 0.6 is 0 Å². The van der Waals surface area contributed by atoms with Gasteiger partial charge in [-0.05, 0) is 83.5 Å². The van der Waals surface area contributed by atoms with E-state index in [-0.39, 0.29) is 18.5 Å².